The second-order valence-corrected chi connectivity index (χ2v) is 4.63. The summed E-state index contributed by atoms with van der Waals surface area (Å²) in [5.74, 6) is 1.72. The zero-order valence-corrected chi connectivity index (χ0v) is 15.6. The summed E-state index contributed by atoms with van der Waals surface area (Å²) in [4.78, 5) is 6.70. The monoisotopic (exact) mass is 410 g/mol. The van der Waals surface area contributed by atoms with Gasteiger partial charge in [0.15, 0.2) is 5.96 Å². The smallest absolute Gasteiger partial charge is 0.191 e. The summed E-state index contributed by atoms with van der Waals surface area (Å²) >= 11 is 0. The van der Waals surface area contributed by atoms with E-state index in [1.54, 1.807) is 13.4 Å². The van der Waals surface area contributed by atoms with Crippen LogP contribution in [0.1, 0.15) is 18.7 Å². The van der Waals surface area contributed by atoms with Gasteiger partial charge in [-0.2, -0.15) is 0 Å². The normalized spacial score (nSPS) is 12.9. The minimum absolute atomic E-state index is 0. The number of halogens is 1. The fraction of sp³-hybridized carbons (Fsp3) is 0.643. The molecular weight excluding hydrogens is 383 g/mol. The highest BCUT2D eigenvalue weighted by Crippen LogP contribution is 2.18. The van der Waals surface area contributed by atoms with Gasteiger partial charge in [-0.3, -0.25) is 9.89 Å². The second-order valence-electron chi connectivity index (χ2n) is 4.63. The summed E-state index contributed by atoms with van der Waals surface area (Å²) in [5.41, 5.74) is 0. The number of guanidine groups is 1. The number of ether oxygens (including phenoxy) is 1. The van der Waals surface area contributed by atoms with Crippen molar-refractivity contribution in [3.8, 4) is 0 Å². The Labute approximate surface area is 144 Å². The Morgan fingerprint density at radius 2 is 2.19 bits per heavy atom. The molecule has 1 rings (SSSR count). The van der Waals surface area contributed by atoms with Gasteiger partial charge in [0.1, 0.15) is 5.76 Å². The molecule has 0 fully saturated rings. The number of methoxy groups -OCH3 is 1. The first-order valence-electron chi connectivity index (χ1n) is 6.90. The molecule has 0 aromatic carbocycles. The van der Waals surface area contributed by atoms with Gasteiger partial charge >= 0.3 is 0 Å². The van der Waals surface area contributed by atoms with Gasteiger partial charge < -0.3 is 19.8 Å². The summed E-state index contributed by atoms with van der Waals surface area (Å²) in [6.07, 6.45) is 1.69. The van der Waals surface area contributed by atoms with E-state index in [2.05, 4.69) is 20.5 Å². The fourth-order valence-corrected chi connectivity index (χ4v) is 1.78. The summed E-state index contributed by atoms with van der Waals surface area (Å²) in [7, 11) is 5.73. The van der Waals surface area contributed by atoms with E-state index in [1.807, 2.05) is 33.2 Å². The summed E-state index contributed by atoms with van der Waals surface area (Å²) in [5, 5.41) is 6.44. The molecule has 122 valence electrons. The van der Waals surface area contributed by atoms with E-state index in [4.69, 9.17) is 9.15 Å². The zero-order valence-electron chi connectivity index (χ0n) is 13.3. The van der Waals surface area contributed by atoms with E-state index in [-0.39, 0.29) is 30.0 Å². The molecule has 0 radical (unpaired) electrons. The van der Waals surface area contributed by atoms with Gasteiger partial charge in [0, 0.05) is 20.2 Å². The van der Waals surface area contributed by atoms with Gasteiger partial charge in [0.05, 0.1) is 25.5 Å². The van der Waals surface area contributed by atoms with E-state index >= 15 is 0 Å². The lowest BCUT2D eigenvalue weighted by Crippen LogP contribution is -2.39. The first-order valence-corrected chi connectivity index (χ1v) is 6.90. The Morgan fingerprint density at radius 1 is 1.43 bits per heavy atom. The molecule has 1 aromatic heterocycles. The van der Waals surface area contributed by atoms with Crippen LogP contribution in [0, 0.1) is 0 Å². The van der Waals surface area contributed by atoms with Crippen molar-refractivity contribution in [3.63, 3.8) is 0 Å². The molecule has 1 heterocycles. The highest BCUT2D eigenvalue weighted by atomic mass is 127. The lowest BCUT2D eigenvalue weighted by molar-refractivity contribution is 0.203. The van der Waals surface area contributed by atoms with Crippen molar-refractivity contribution in [2.24, 2.45) is 4.99 Å². The highest BCUT2D eigenvalue weighted by molar-refractivity contribution is 14.0. The van der Waals surface area contributed by atoms with E-state index in [1.165, 1.54) is 0 Å². The van der Waals surface area contributed by atoms with Crippen molar-refractivity contribution in [1.82, 2.24) is 15.5 Å². The molecule has 21 heavy (non-hydrogen) atoms. The molecule has 0 bridgehead atoms. The van der Waals surface area contributed by atoms with Crippen LogP contribution in [0.2, 0.25) is 0 Å². The quantitative estimate of drug-likeness (QED) is 0.296. The minimum atomic E-state index is 0. The minimum Gasteiger partial charge on any atom is -0.468 e. The molecule has 7 heteroatoms. The van der Waals surface area contributed by atoms with Gasteiger partial charge in [-0.1, -0.05) is 0 Å². The van der Waals surface area contributed by atoms with Crippen LogP contribution in [-0.4, -0.2) is 58.3 Å². The maximum atomic E-state index is 5.48. The van der Waals surface area contributed by atoms with Crippen LogP contribution in [-0.2, 0) is 4.74 Å². The molecule has 1 aromatic rings. The number of hydrogen-bond acceptors (Lipinski definition) is 4. The van der Waals surface area contributed by atoms with Gasteiger partial charge in [-0.15, -0.1) is 24.0 Å². The van der Waals surface area contributed by atoms with E-state index in [9.17, 15) is 0 Å². The summed E-state index contributed by atoms with van der Waals surface area (Å²) in [6, 6.07) is 4.01. The van der Waals surface area contributed by atoms with Gasteiger partial charge in [0.25, 0.3) is 0 Å². The number of aliphatic imine (C=N–C) groups is 1. The molecule has 1 atom stereocenters. The van der Waals surface area contributed by atoms with Crippen molar-refractivity contribution in [2.45, 2.75) is 13.0 Å². The molecule has 0 saturated carbocycles. The van der Waals surface area contributed by atoms with Crippen molar-refractivity contribution < 1.29 is 9.15 Å². The van der Waals surface area contributed by atoms with Crippen LogP contribution in [0.4, 0.5) is 0 Å². The zero-order chi connectivity index (χ0) is 14.8. The fourth-order valence-electron chi connectivity index (χ4n) is 1.78. The maximum Gasteiger partial charge on any atom is 0.191 e. The van der Waals surface area contributed by atoms with Crippen molar-refractivity contribution >= 4 is 29.9 Å². The van der Waals surface area contributed by atoms with Crippen molar-refractivity contribution in [2.75, 3.05) is 47.4 Å². The Balaban J connectivity index is 0.00000400. The standard InChI is InChI=1S/C14H26N4O2.HI/c1-5-15-14(16-8-10-19-4)17-11-12(18(2)3)13-7-6-9-20-13;/h6-7,9,12H,5,8,10-11H2,1-4H3,(H2,15,16,17);1H. The Morgan fingerprint density at radius 3 is 2.71 bits per heavy atom. The molecule has 0 aliphatic rings. The number of hydrogen-bond donors (Lipinski definition) is 2. The third-order valence-corrected chi connectivity index (χ3v) is 2.86. The lowest BCUT2D eigenvalue weighted by atomic mass is 10.2. The molecule has 0 amide bonds. The van der Waals surface area contributed by atoms with Crippen molar-refractivity contribution in [3.05, 3.63) is 24.2 Å². The molecule has 2 N–H and O–H groups in total. The topological polar surface area (TPSA) is 62.0 Å². The van der Waals surface area contributed by atoms with Gasteiger partial charge in [-0.05, 0) is 33.2 Å². The predicted octanol–water partition coefficient (Wildman–Crippen LogP) is 1.70. The summed E-state index contributed by atoms with van der Waals surface area (Å²) < 4.78 is 10.5. The maximum absolute atomic E-state index is 5.48. The first-order chi connectivity index (χ1) is 9.69. The predicted molar refractivity (Wildman–Crippen MR) is 96.4 cm³/mol. The van der Waals surface area contributed by atoms with Gasteiger partial charge in [0.2, 0.25) is 0 Å². The average Bonchev–Trinajstić information content (AvgIpc) is 2.92. The Hall–Kier alpha value is -0.800. The average molecular weight is 410 g/mol. The number of nitrogens with zero attached hydrogens (tertiary/aromatic N) is 2. The summed E-state index contributed by atoms with van der Waals surface area (Å²) in [6.45, 7) is 4.88. The lowest BCUT2D eigenvalue weighted by Gasteiger charge is -2.21. The molecule has 6 nitrogen and oxygen atoms in total. The van der Waals surface area contributed by atoms with Crippen LogP contribution >= 0.6 is 24.0 Å². The van der Waals surface area contributed by atoms with Crippen molar-refractivity contribution in [1.29, 1.82) is 0 Å². The van der Waals surface area contributed by atoms with Crippen LogP contribution in [0.5, 0.6) is 0 Å². The molecule has 0 spiro atoms. The van der Waals surface area contributed by atoms with Crippen LogP contribution in [0.15, 0.2) is 27.8 Å². The number of nitrogens with one attached hydrogen (secondary N) is 2. The number of likely N-dealkylation sites (N-methyl/N-ethyl adjacent to an activating group) is 1. The third-order valence-electron chi connectivity index (χ3n) is 2.86. The highest BCUT2D eigenvalue weighted by Gasteiger charge is 2.16. The Kier molecular flexibility index (Phi) is 11.4. The number of rotatable bonds is 8. The first kappa shape index (κ1) is 20.2. The van der Waals surface area contributed by atoms with Gasteiger partial charge in [-0.25, -0.2) is 0 Å². The van der Waals surface area contributed by atoms with E-state index < -0.39 is 0 Å². The molecule has 1 unspecified atom stereocenters. The van der Waals surface area contributed by atoms with Crippen LogP contribution in [0.25, 0.3) is 0 Å². The number of furan rings is 1. The molecule has 0 aliphatic heterocycles. The largest absolute Gasteiger partial charge is 0.468 e. The molecule has 0 saturated heterocycles. The Bertz CT molecular complexity index is 382. The third kappa shape index (κ3) is 7.68. The van der Waals surface area contributed by atoms with E-state index in [0.717, 1.165) is 24.8 Å². The van der Waals surface area contributed by atoms with E-state index in [0.29, 0.717) is 13.2 Å². The van der Waals surface area contributed by atoms with Crippen LogP contribution in [0.3, 0.4) is 0 Å². The second kappa shape index (κ2) is 11.8. The SMILES string of the molecule is CCNC(=NCC(c1ccco1)N(C)C)NCCOC.I. The molecular formula is C14H27IN4O2. The van der Waals surface area contributed by atoms with Crippen LogP contribution < -0.4 is 10.6 Å². The molecule has 0 aliphatic carbocycles.